The van der Waals surface area contributed by atoms with Gasteiger partial charge in [0, 0.05) is 57.4 Å². The normalized spacial score (nSPS) is 10.7. The fourth-order valence-corrected chi connectivity index (χ4v) is 2.88. The molecular formula is C19H24N6O. The van der Waals surface area contributed by atoms with Gasteiger partial charge in [0.05, 0.1) is 18.3 Å². The molecule has 0 saturated heterocycles. The molecule has 0 fully saturated rings. The second-order valence-electron chi connectivity index (χ2n) is 6.43. The molecule has 26 heavy (non-hydrogen) atoms. The van der Waals surface area contributed by atoms with Gasteiger partial charge in [0.25, 0.3) is 0 Å². The highest BCUT2D eigenvalue weighted by molar-refractivity contribution is 5.89. The standard InChI is InChI=1S/C19H24N6O/c1-24(2)15-11-18(23-22-12-15)20-8-9-21-19(26)10-14-13-25(3)17-7-5-4-6-16(14)17/h4-7,11-13H,8-10H2,1-3H3,(H,20,23)(H,21,26). The van der Waals surface area contributed by atoms with Crippen molar-refractivity contribution in [3.8, 4) is 0 Å². The van der Waals surface area contributed by atoms with Crippen molar-refractivity contribution in [2.75, 3.05) is 37.4 Å². The molecule has 0 spiro atoms. The summed E-state index contributed by atoms with van der Waals surface area (Å²) >= 11 is 0. The van der Waals surface area contributed by atoms with Crippen molar-refractivity contribution in [1.82, 2.24) is 20.1 Å². The summed E-state index contributed by atoms with van der Waals surface area (Å²) in [7, 11) is 5.90. The molecule has 0 aliphatic carbocycles. The Morgan fingerprint density at radius 1 is 1.23 bits per heavy atom. The van der Waals surface area contributed by atoms with E-state index in [2.05, 4.69) is 37.5 Å². The minimum absolute atomic E-state index is 0.0104. The second kappa shape index (κ2) is 7.86. The molecule has 7 heteroatoms. The molecule has 7 nitrogen and oxygen atoms in total. The first kappa shape index (κ1) is 17.7. The van der Waals surface area contributed by atoms with Crippen LogP contribution in [0.5, 0.6) is 0 Å². The summed E-state index contributed by atoms with van der Waals surface area (Å²) in [5.74, 6) is 0.704. The summed E-state index contributed by atoms with van der Waals surface area (Å²) in [5.41, 5.74) is 3.15. The molecule has 3 rings (SSSR count). The van der Waals surface area contributed by atoms with Crippen LogP contribution in [0.15, 0.2) is 42.7 Å². The van der Waals surface area contributed by atoms with Crippen LogP contribution in [0.4, 0.5) is 11.5 Å². The zero-order valence-electron chi connectivity index (χ0n) is 15.4. The van der Waals surface area contributed by atoms with Crippen molar-refractivity contribution in [2.45, 2.75) is 6.42 Å². The van der Waals surface area contributed by atoms with E-state index in [1.165, 1.54) is 0 Å². The number of hydrogen-bond acceptors (Lipinski definition) is 5. The zero-order chi connectivity index (χ0) is 18.5. The summed E-state index contributed by atoms with van der Waals surface area (Å²) in [6.45, 7) is 1.12. The zero-order valence-corrected chi connectivity index (χ0v) is 15.4. The number of nitrogens with one attached hydrogen (secondary N) is 2. The Bertz CT molecular complexity index is 902. The van der Waals surface area contributed by atoms with Gasteiger partial charge in [-0.25, -0.2) is 0 Å². The molecule has 1 amide bonds. The van der Waals surface area contributed by atoms with E-state index in [-0.39, 0.29) is 5.91 Å². The topological polar surface area (TPSA) is 75.1 Å². The fourth-order valence-electron chi connectivity index (χ4n) is 2.88. The molecule has 0 aliphatic heterocycles. The quantitative estimate of drug-likeness (QED) is 0.634. The van der Waals surface area contributed by atoms with Crippen molar-refractivity contribution in [3.05, 3.63) is 48.3 Å². The van der Waals surface area contributed by atoms with Gasteiger partial charge in [0.15, 0.2) is 5.82 Å². The van der Waals surface area contributed by atoms with Gasteiger partial charge >= 0.3 is 0 Å². The van der Waals surface area contributed by atoms with Crippen LogP contribution in [-0.2, 0) is 18.3 Å². The van der Waals surface area contributed by atoms with Crippen LogP contribution in [0.1, 0.15) is 5.56 Å². The van der Waals surface area contributed by atoms with E-state index >= 15 is 0 Å². The van der Waals surface area contributed by atoms with Crippen LogP contribution in [0, 0.1) is 0 Å². The average Bonchev–Trinajstić information content (AvgIpc) is 2.95. The van der Waals surface area contributed by atoms with Crippen LogP contribution in [0.3, 0.4) is 0 Å². The first-order valence-corrected chi connectivity index (χ1v) is 8.58. The number of carbonyl (C=O) groups is 1. The predicted molar refractivity (Wildman–Crippen MR) is 104 cm³/mol. The van der Waals surface area contributed by atoms with Gasteiger partial charge in [-0.05, 0) is 11.6 Å². The number of benzene rings is 1. The molecule has 0 atom stereocenters. The van der Waals surface area contributed by atoms with Gasteiger partial charge in [-0.3, -0.25) is 4.79 Å². The minimum Gasteiger partial charge on any atom is -0.376 e. The number of para-hydroxylation sites is 1. The smallest absolute Gasteiger partial charge is 0.224 e. The van der Waals surface area contributed by atoms with Crippen molar-refractivity contribution in [2.24, 2.45) is 7.05 Å². The summed E-state index contributed by atoms with van der Waals surface area (Å²) in [5, 5.41) is 15.2. The Morgan fingerprint density at radius 3 is 2.85 bits per heavy atom. The molecule has 0 saturated carbocycles. The molecular weight excluding hydrogens is 328 g/mol. The Labute approximate surface area is 153 Å². The average molecular weight is 352 g/mol. The highest BCUT2D eigenvalue weighted by Gasteiger charge is 2.10. The fraction of sp³-hybridized carbons (Fsp3) is 0.316. The second-order valence-corrected chi connectivity index (χ2v) is 6.43. The number of rotatable bonds is 7. The summed E-state index contributed by atoms with van der Waals surface area (Å²) in [6.07, 6.45) is 4.10. The van der Waals surface area contributed by atoms with Crippen LogP contribution in [0.25, 0.3) is 10.9 Å². The maximum Gasteiger partial charge on any atom is 0.224 e. The van der Waals surface area contributed by atoms with Crippen LogP contribution in [-0.4, -0.2) is 47.9 Å². The lowest BCUT2D eigenvalue weighted by Crippen LogP contribution is -2.30. The number of aryl methyl sites for hydroxylation is 1. The third kappa shape index (κ3) is 4.11. The maximum absolute atomic E-state index is 12.2. The van der Waals surface area contributed by atoms with E-state index in [1.54, 1.807) is 6.20 Å². The molecule has 1 aromatic carbocycles. The lowest BCUT2D eigenvalue weighted by molar-refractivity contribution is -0.120. The van der Waals surface area contributed by atoms with Crippen molar-refractivity contribution in [3.63, 3.8) is 0 Å². The third-order valence-electron chi connectivity index (χ3n) is 4.24. The third-order valence-corrected chi connectivity index (χ3v) is 4.24. The first-order chi connectivity index (χ1) is 12.5. The van der Waals surface area contributed by atoms with Crippen LogP contribution < -0.4 is 15.5 Å². The molecule has 2 aromatic heterocycles. The Balaban J connectivity index is 1.49. The van der Waals surface area contributed by atoms with Crippen molar-refractivity contribution >= 4 is 28.3 Å². The Morgan fingerprint density at radius 2 is 2.04 bits per heavy atom. The van der Waals surface area contributed by atoms with Gasteiger partial charge in [0.1, 0.15) is 0 Å². The van der Waals surface area contributed by atoms with Crippen molar-refractivity contribution in [1.29, 1.82) is 0 Å². The molecule has 136 valence electrons. The number of amides is 1. The van der Waals surface area contributed by atoms with E-state index in [0.29, 0.717) is 25.3 Å². The van der Waals surface area contributed by atoms with Gasteiger partial charge < -0.3 is 20.1 Å². The van der Waals surface area contributed by atoms with Gasteiger partial charge in [-0.15, -0.1) is 5.10 Å². The minimum atomic E-state index is 0.0104. The first-order valence-electron chi connectivity index (χ1n) is 8.58. The summed E-state index contributed by atoms with van der Waals surface area (Å²) in [4.78, 5) is 14.2. The largest absolute Gasteiger partial charge is 0.376 e. The maximum atomic E-state index is 12.2. The molecule has 3 aromatic rings. The number of aromatic nitrogens is 3. The predicted octanol–water partition coefficient (Wildman–Crippen LogP) is 1.81. The number of carbonyl (C=O) groups excluding carboxylic acids is 1. The van der Waals surface area contributed by atoms with E-state index in [4.69, 9.17) is 0 Å². The number of hydrogen-bond donors (Lipinski definition) is 2. The summed E-state index contributed by atoms with van der Waals surface area (Å²) < 4.78 is 2.05. The van der Waals surface area contributed by atoms with Gasteiger partial charge in [-0.1, -0.05) is 18.2 Å². The number of nitrogens with zero attached hydrogens (tertiary/aromatic N) is 4. The molecule has 0 unspecified atom stereocenters. The highest BCUT2D eigenvalue weighted by Crippen LogP contribution is 2.20. The number of anilines is 2. The SMILES string of the molecule is CN(C)c1cnnc(NCCNC(=O)Cc2cn(C)c3ccccc23)c1. The van der Waals surface area contributed by atoms with E-state index < -0.39 is 0 Å². The molecule has 2 heterocycles. The van der Waals surface area contributed by atoms with E-state index in [9.17, 15) is 4.79 Å². The van der Waals surface area contributed by atoms with Crippen LogP contribution in [0.2, 0.25) is 0 Å². The van der Waals surface area contributed by atoms with Gasteiger partial charge in [0.2, 0.25) is 5.91 Å². The lowest BCUT2D eigenvalue weighted by atomic mass is 10.1. The molecule has 2 N–H and O–H groups in total. The monoisotopic (exact) mass is 352 g/mol. The van der Waals surface area contributed by atoms with Crippen molar-refractivity contribution < 1.29 is 4.79 Å². The lowest BCUT2D eigenvalue weighted by Gasteiger charge is -2.13. The Kier molecular flexibility index (Phi) is 5.36. The summed E-state index contributed by atoms with van der Waals surface area (Å²) in [6, 6.07) is 10.0. The number of fused-ring (bicyclic) bond motifs is 1. The molecule has 0 radical (unpaired) electrons. The Hall–Kier alpha value is -3.09. The van der Waals surface area contributed by atoms with Crippen LogP contribution >= 0.6 is 0 Å². The highest BCUT2D eigenvalue weighted by atomic mass is 16.1. The molecule has 0 aliphatic rings. The molecule has 0 bridgehead atoms. The van der Waals surface area contributed by atoms with E-state index in [1.807, 2.05) is 50.4 Å². The van der Waals surface area contributed by atoms with Gasteiger partial charge in [-0.2, -0.15) is 5.10 Å². The van der Waals surface area contributed by atoms with E-state index in [0.717, 1.165) is 22.2 Å².